The predicted molar refractivity (Wildman–Crippen MR) is 85.4 cm³/mol. The quantitative estimate of drug-likeness (QED) is 0.455. The highest BCUT2D eigenvalue weighted by Crippen LogP contribution is 2.28. The van der Waals surface area contributed by atoms with Crippen molar-refractivity contribution in [1.82, 2.24) is 0 Å². The summed E-state index contributed by atoms with van der Waals surface area (Å²) in [5, 5.41) is 0. The van der Waals surface area contributed by atoms with Gasteiger partial charge in [0.25, 0.3) is 8.32 Å². The Morgan fingerprint density at radius 1 is 1.04 bits per heavy atom. The first-order valence-corrected chi connectivity index (χ1v) is 13.7. The third-order valence-corrected chi connectivity index (χ3v) is 10.2. The van der Waals surface area contributed by atoms with E-state index in [-0.39, 0.29) is 0 Å². The third-order valence-electron chi connectivity index (χ3n) is 2.38. The summed E-state index contributed by atoms with van der Waals surface area (Å²) in [6, 6.07) is 9.00. The first-order valence-electron chi connectivity index (χ1n) is 6.54. The number of halogens is 3. The average Bonchev–Trinajstić information content (AvgIpc) is 2.33. The SMILES string of the molecule is C[Si](C)(C#Cc1ccccc1)O[Si](C)(C)OS(=O)(=O)C(F)(F)F. The van der Waals surface area contributed by atoms with Crippen LogP contribution in [0, 0.1) is 11.5 Å². The van der Waals surface area contributed by atoms with Crippen molar-refractivity contribution in [3.05, 3.63) is 35.9 Å². The molecule has 0 aromatic heterocycles. The third kappa shape index (κ3) is 6.48. The van der Waals surface area contributed by atoms with Crippen molar-refractivity contribution in [1.29, 1.82) is 0 Å². The minimum atomic E-state index is -5.68. The van der Waals surface area contributed by atoms with Gasteiger partial charge in [0, 0.05) is 5.56 Å². The molecule has 0 heterocycles. The molecule has 0 saturated heterocycles. The molecule has 0 spiro atoms. The molecule has 4 nitrogen and oxygen atoms in total. The second-order valence-electron chi connectivity index (χ2n) is 5.61. The van der Waals surface area contributed by atoms with Gasteiger partial charge in [0.05, 0.1) is 0 Å². The lowest BCUT2D eigenvalue weighted by Gasteiger charge is -2.29. The van der Waals surface area contributed by atoms with Gasteiger partial charge >= 0.3 is 24.2 Å². The standard InChI is InChI=1S/C13H17F3O4SSi2/c1-22(2,11-10-12-8-6-5-7-9-12)20-23(3,4)19-21(17,18)13(14,15)16/h5-9H,1-4H3. The lowest BCUT2D eigenvalue weighted by molar-refractivity contribution is -0.0508. The van der Waals surface area contributed by atoms with E-state index in [0.717, 1.165) is 5.56 Å². The van der Waals surface area contributed by atoms with Crippen molar-refractivity contribution in [3.63, 3.8) is 0 Å². The minimum Gasteiger partial charge on any atom is -0.426 e. The molecule has 0 atom stereocenters. The van der Waals surface area contributed by atoms with Crippen LogP contribution in [-0.2, 0) is 18.1 Å². The van der Waals surface area contributed by atoms with Crippen LogP contribution in [0.15, 0.2) is 30.3 Å². The monoisotopic (exact) mass is 382 g/mol. The van der Waals surface area contributed by atoms with Crippen molar-refractivity contribution < 1.29 is 29.6 Å². The Morgan fingerprint density at radius 3 is 2.04 bits per heavy atom. The number of benzene rings is 1. The fourth-order valence-electron chi connectivity index (χ4n) is 1.71. The van der Waals surface area contributed by atoms with Gasteiger partial charge in [0.15, 0.2) is 0 Å². The maximum Gasteiger partial charge on any atom is 0.522 e. The van der Waals surface area contributed by atoms with Crippen LogP contribution in [0.3, 0.4) is 0 Å². The number of hydrogen-bond donors (Lipinski definition) is 0. The normalized spacial score (nSPS) is 13.3. The van der Waals surface area contributed by atoms with Gasteiger partial charge in [-0.25, -0.2) is 0 Å². The Labute approximate surface area is 136 Å². The molecule has 0 aliphatic rings. The molecule has 0 radical (unpaired) electrons. The fraction of sp³-hybridized carbons (Fsp3) is 0.385. The van der Waals surface area contributed by atoms with Crippen molar-refractivity contribution in [2.45, 2.75) is 31.7 Å². The van der Waals surface area contributed by atoms with E-state index in [1.165, 1.54) is 13.1 Å². The lowest BCUT2D eigenvalue weighted by atomic mass is 10.2. The number of rotatable bonds is 4. The molecule has 1 aromatic rings. The van der Waals surface area contributed by atoms with Crippen LogP contribution in [0.5, 0.6) is 0 Å². The van der Waals surface area contributed by atoms with Crippen molar-refractivity contribution in [3.8, 4) is 11.5 Å². The van der Waals surface area contributed by atoms with Gasteiger partial charge in [0.2, 0.25) is 0 Å². The minimum absolute atomic E-state index is 0.736. The highest BCUT2D eigenvalue weighted by molar-refractivity contribution is 7.88. The van der Waals surface area contributed by atoms with Crippen LogP contribution in [0.4, 0.5) is 13.2 Å². The Hall–Kier alpha value is -1.13. The van der Waals surface area contributed by atoms with Gasteiger partial charge in [0.1, 0.15) is 0 Å². The summed E-state index contributed by atoms with van der Waals surface area (Å²) in [6.07, 6.45) is 0. The lowest BCUT2D eigenvalue weighted by Crippen LogP contribution is -2.49. The summed E-state index contributed by atoms with van der Waals surface area (Å²) in [6.45, 7) is 5.83. The molecule has 0 amide bonds. The van der Waals surface area contributed by atoms with E-state index >= 15 is 0 Å². The molecule has 0 aliphatic carbocycles. The molecule has 1 rings (SSSR count). The van der Waals surface area contributed by atoms with E-state index in [2.05, 4.69) is 15.3 Å². The Kier molecular flexibility index (Phi) is 5.87. The second-order valence-corrected chi connectivity index (χ2v) is 14.5. The molecular weight excluding hydrogens is 365 g/mol. The summed E-state index contributed by atoms with van der Waals surface area (Å²) in [7, 11) is -12.0. The van der Waals surface area contributed by atoms with Gasteiger partial charge in [-0.15, -0.1) is 0 Å². The van der Waals surface area contributed by atoms with Gasteiger partial charge in [-0.1, -0.05) is 29.7 Å². The Balaban J connectivity index is 2.90. The van der Waals surface area contributed by atoms with Gasteiger partial charge in [-0.05, 0) is 38.3 Å². The molecule has 10 heteroatoms. The van der Waals surface area contributed by atoms with Gasteiger partial charge in [-0.3, -0.25) is 3.87 Å². The highest BCUT2D eigenvalue weighted by atomic mass is 32.2. The van der Waals surface area contributed by atoms with E-state index in [1.807, 2.05) is 6.07 Å². The van der Waals surface area contributed by atoms with E-state index in [9.17, 15) is 21.6 Å². The van der Waals surface area contributed by atoms with Crippen molar-refractivity contribution >= 4 is 27.0 Å². The molecule has 0 unspecified atom stereocenters. The average molecular weight is 383 g/mol. The smallest absolute Gasteiger partial charge is 0.426 e. The summed E-state index contributed by atoms with van der Waals surface area (Å²) in [5.74, 6) is 2.88. The van der Waals surface area contributed by atoms with Crippen LogP contribution >= 0.6 is 0 Å². The van der Waals surface area contributed by atoms with Crippen LogP contribution < -0.4 is 0 Å². The summed E-state index contributed by atoms with van der Waals surface area (Å²) >= 11 is 0. The number of alkyl halides is 3. The summed E-state index contributed by atoms with van der Waals surface area (Å²) in [5.41, 5.74) is -1.83. The first kappa shape index (κ1) is 19.9. The molecule has 0 fully saturated rings. The largest absolute Gasteiger partial charge is 0.522 e. The molecule has 0 saturated carbocycles. The maximum atomic E-state index is 12.4. The van der Waals surface area contributed by atoms with E-state index in [1.54, 1.807) is 37.4 Å². The molecule has 1 aromatic carbocycles. The molecule has 128 valence electrons. The molecule has 0 bridgehead atoms. The fourth-order valence-corrected chi connectivity index (χ4v) is 10.2. The summed E-state index contributed by atoms with van der Waals surface area (Å²) < 4.78 is 69.3. The number of hydrogen-bond acceptors (Lipinski definition) is 4. The molecular formula is C13H17F3O4SSi2. The maximum absolute atomic E-state index is 12.4. The summed E-state index contributed by atoms with van der Waals surface area (Å²) in [4.78, 5) is 0. The Bertz CT molecular complexity index is 704. The van der Waals surface area contributed by atoms with Crippen molar-refractivity contribution in [2.75, 3.05) is 0 Å². The van der Waals surface area contributed by atoms with Crippen LogP contribution in [-0.4, -0.2) is 30.8 Å². The van der Waals surface area contributed by atoms with Crippen LogP contribution in [0.2, 0.25) is 26.2 Å². The van der Waals surface area contributed by atoms with Crippen LogP contribution in [0.1, 0.15) is 5.56 Å². The van der Waals surface area contributed by atoms with E-state index < -0.39 is 32.5 Å². The van der Waals surface area contributed by atoms with Crippen molar-refractivity contribution in [2.24, 2.45) is 0 Å². The zero-order valence-electron chi connectivity index (χ0n) is 13.1. The molecule has 0 N–H and O–H groups in total. The first-order chi connectivity index (χ1) is 10.2. The highest BCUT2D eigenvalue weighted by Gasteiger charge is 2.52. The van der Waals surface area contributed by atoms with Gasteiger partial charge in [-0.2, -0.15) is 21.6 Å². The molecule has 0 aliphatic heterocycles. The van der Waals surface area contributed by atoms with Crippen LogP contribution in [0.25, 0.3) is 0 Å². The Morgan fingerprint density at radius 2 is 1.57 bits per heavy atom. The predicted octanol–water partition coefficient (Wildman–Crippen LogP) is 3.37. The topological polar surface area (TPSA) is 52.6 Å². The molecule has 23 heavy (non-hydrogen) atoms. The second kappa shape index (κ2) is 6.78. The van der Waals surface area contributed by atoms with E-state index in [0.29, 0.717) is 0 Å². The van der Waals surface area contributed by atoms with Gasteiger partial charge < -0.3 is 4.12 Å². The zero-order chi connectivity index (χ0) is 17.9. The zero-order valence-corrected chi connectivity index (χ0v) is 15.9. The van der Waals surface area contributed by atoms with E-state index in [4.69, 9.17) is 4.12 Å².